The van der Waals surface area contributed by atoms with Crippen LogP contribution in [0.1, 0.15) is 5.82 Å². The van der Waals surface area contributed by atoms with Gasteiger partial charge in [0.05, 0.1) is 27.0 Å². The summed E-state index contributed by atoms with van der Waals surface area (Å²) in [7, 11) is 1.98. The van der Waals surface area contributed by atoms with Crippen LogP contribution >= 0.6 is 0 Å². The Hall–Kier alpha value is -3.48. The Balaban J connectivity index is 1.81. The molecule has 7 nitrogen and oxygen atoms in total. The molecule has 0 fully saturated rings. The number of aryl methyl sites for hydroxylation is 2. The van der Waals surface area contributed by atoms with E-state index in [-0.39, 0.29) is 5.69 Å². The molecule has 0 saturated heterocycles. The van der Waals surface area contributed by atoms with Crippen molar-refractivity contribution in [2.75, 3.05) is 5.32 Å². The van der Waals surface area contributed by atoms with E-state index in [1.54, 1.807) is 24.4 Å². The maximum absolute atomic E-state index is 11.2. The number of fused-ring (bicyclic) bond motifs is 2. The van der Waals surface area contributed by atoms with E-state index in [4.69, 9.17) is 0 Å². The second kappa shape index (κ2) is 5.55. The highest BCUT2D eigenvalue weighted by atomic mass is 16.6. The third kappa shape index (κ3) is 2.46. The average molecular weight is 333 g/mol. The van der Waals surface area contributed by atoms with E-state index in [1.165, 1.54) is 6.07 Å². The zero-order valence-corrected chi connectivity index (χ0v) is 13.7. The predicted octanol–water partition coefficient (Wildman–Crippen LogP) is 4.08. The Morgan fingerprint density at radius 3 is 2.84 bits per heavy atom. The lowest BCUT2D eigenvalue weighted by molar-refractivity contribution is -0.383. The molecule has 0 radical (unpaired) electrons. The summed E-state index contributed by atoms with van der Waals surface area (Å²) in [5.41, 5.74) is 4.12. The first kappa shape index (κ1) is 15.1. The second-order valence-electron chi connectivity index (χ2n) is 5.84. The largest absolute Gasteiger partial charge is 0.354 e. The van der Waals surface area contributed by atoms with Gasteiger partial charge in [-0.2, -0.15) is 0 Å². The minimum absolute atomic E-state index is 0.0458. The first-order valence-corrected chi connectivity index (χ1v) is 7.77. The van der Waals surface area contributed by atoms with Gasteiger partial charge in [-0.3, -0.25) is 15.1 Å². The molecule has 0 aliphatic carbocycles. The summed E-state index contributed by atoms with van der Waals surface area (Å²) in [6.45, 7) is 1.96. The molecule has 4 aromatic rings. The molecule has 4 rings (SSSR count). The number of aromatic nitrogens is 3. The Kier molecular flexibility index (Phi) is 3.35. The first-order valence-electron chi connectivity index (χ1n) is 7.77. The highest BCUT2D eigenvalue weighted by Gasteiger charge is 2.15. The molecule has 0 unspecified atom stereocenters. The molecule has 7 heteroatoms. The van der Waals surface area contributed by atoms with Crippen LogP contribution in [0.25, 0.3) is 21.9 Å². The van der Waals surface area contributed by atoms with Crippen LogP contribution in [0.5, 0.6) is 0 Å². The number of non-ortho nitro benzene ring substituents is 1. The van der Waals surface area contributed by atoms with Crippen molar-refractivity contribution in [3.8, 4) is 0 Å². The molecule has 0 aliphatic rings. The predicted molar refractivity (Wildman–Crippen MR) is 97.1 cm³/mol. The topological polar surface area (TPSA) is 85.9 Å². The summed E-state index contributed by atoms with van der Waals surface area (Å²) < 4.78 is 2.03. The number of hydrogen-bond donors (Lipinski definition) is 1. The van der Waals surface area contributed by atoms with Gasteiger partial charge in [0.2, 0.25) is 0 Å². The van der Waals surface area contributed by atoms with Crippen LogP contribution in [0.4, 0.5) is 17.1 Å². The van der Waals surface area contributed by atoms with Gasteiger partial charge in [-0.15, -0.1) is 0 Å². The van der Waals surface area contributed by atoms with Crippen LogP contribution in [-0.2, 0) is 7.05 Å². The Bertz CT molecular complexity index is 1130. The smallest absolute Gasteiger partial charge is 0.278 e. The second-order valence-corrected chi connectivity index (χ2v) is 5.84. The van der Waals surface area contributed by atoms with E-state index in [1.807, 2.05) is 36.7 Å². The van der Waals surface area contributed by atoms with Gasteiger partial charge in [-0.1, -0.05) is 0 Å². The van der Waals surface area contributed by atoms with Crippen molar-refractivity contribution in [3.63, 3.8) is 0 Å². The van der Waals surface area contributed by atoms with Gasteiger partial charge >= 0.3 is 0 Å². The van der Waals surface area contributed by atoms with Crippen molar-refractivity contribution in [3.05, 3.63) is 64.6 Å². The summed E-state index contributed by atoms with van der Waals surface area (Å²) in [6, 6.07) is 12.5. The van der Waals surface area contributed by atoms with Crippen LogP contribution in [-0.4, -0.2) is 19.5 Å². The molecule has 2 heterocycles. The highest BCUT2D eigenvalue weighted by Crippen LogP contribution is 2.32. The van der Waals surface area contributed by atoms with Crippen LogP contribution in [0, 0.1) is 17.0 Å². The van der Waals surface area contributed by atoms with Crippen molar-refractivity contribution < 1.29 is 4.92 Å². The number of rotatable bonds is 3. The molecule has 2 aromatic carbocycles. The lowest BCUT2D eigenvalue weighted by atomic mass is 10.1. The number of imidazole rings is 1. The van der Waals surface area contributed by atoms with Crippen molar-refractivity contribution in [1.82, 2.24) is 14.5 Å². The van der Waals surface area contributed by atoms with Gasteiger partial charge < -0.3 is 9.88 Å². The van der Waals surface area contributed by atoms with Gasteiger partial charge in [-0.05, 0) is 43.3 Å². The molecule has 0 bridgehead atoms. The summed E-state index contributed by atoms with van der Waals surface area (Å²) in [5.74, 6) is 0.939. The van der Waals surface area contributed by atoms with Crippen LogP contribution in [0.2, 0.25) is 0 Å². The normalized spacial score (nSPS) is 11.1. The zero-order chi connectivity index (χ0) is 17.6. The number of nitro benzene ring substituents is 1. The van der Waals surface area contributed by atoms with Gasteiger partial charge in [0.1, 0.15) is 11.3 Å². The quantitative estimate of drug-likeness (QED) is 0.451. The lowest BCUT2D eigenvalue weighted by Gasteiger charge is -2.09. The molecular weight excluding hydrogens is 318 g/mol. The fourth-order valence-electron chi connectivity index (χ4n) is 2.97. The van der Waals surface area contributed by atoms with Crippen LogP contribution in [0.3, 0.4) is 0 Å². The maximum Gasteiger partial charge on any atom is 0.278 e. The van der Waals surface area contributed by atoms with E-state index >= 15 is 0 Å². The van der Waals surface area contributed by atoms with Gasteiger partial charge in [-0.25, -0.2) is 4.98 Å². The number of nitrogens with one attached hydrogen (secondary N) is 1. The van der Waals surface area contributed by atoms with Gasteiger partial charge in [0, 0.05) is 25.0 Å². The number of benzene rings is 2. The Morgan fingerprint density at radius 1 is 1.20 bits per heavy atom. The van der Waals surface area contributed by atoms with Crippen molar-refractivity contribution in [2.24, 2.45) is 7.05 Å². The average Bonchev–Trinajstić information content (AvgIpc) is 2.89. The summed E-state index contributed by atoms with van der Waals surface area (Å²) in [6.07, 6.45) is 1.63. The van der Waals surface area contributed by atoms with E-state index < -0.39 is 4.92 Å². The van der Waals surface area contributed by atoms with Crippen molar-refractivity contribution in [1.29, 1.82) is 0 Å². The van der Waals surface area contributed by atoms with E-state index in [9.17, 15) is 10.1 Å². The van der Waals surface area contributed by atoms with Gasteiger partial charge in [0.15, 0.2) is 0 Å². The van der Waals surface area contributed by atoms with Crippen LogP contribution in [0.15, 0.2) is 48.7 Å². The van der Waals surface area contributed by atoms with E-state index in [0.717, 1.165) is 22.5 Å². The van der Waals surface area contributed by atoms with E-state index in [0.29, 0.717) is 16.6 Å². The SMILES string of the molecule is Cc1nc2cc(Nc3ccc([N+](=O)[O-])c4cccnc34)ccc2n1C. The standard InChI is InChI=1S/C18H15N5O2/c1-11-20-15-10-12(5-7-17(15)22(11)2)21-14-6-8-16(23(24)25)13-4-3-9-19-18(13)14/h3-10,21H,1-2H3. The molecular formula is C18H15N5O2. The number of nitrogens with zero attached hydrogens (tertiary/aromatic N) is 4. The third-order valence-electron chi connectivity index (χ3n) is 4.33. The molecule has 0 atom stereocenters. The fourth-order valence-corrected chi connectivity index (χ4v) is 2.97. The fraction of sp³-hybridized carbons (Fsp3) is 0.111. The highest BCUT2D eigenvalue weighted by molar-refractivity contribution is 5.98. The molecule has 25 heavy (non-hydrogen) atoms. The maximum atomic E-state index is 11.2. The lowest BCUT2D eigenvalue weighted by Crippen LogP contribution is -1.96. The minimum Gasteiger partial charge on any atom is -0.354 e. The van der Waals surface area contributed by atoms with Crippen molar-refractivity contribution in [2.45, 2.75) is 6.92 Å². The third-order valence-corrected chi connectivity index (χ3v) is 4.33. The van der Waals surface area contributed by atoms with Gasteiger partial charge in [0.25, 0.3) is 5.69 Å². The monoisotopic (exact) mass is 333 g/mol. The molecule has 0 saturated carbocycles. The number of pyridine rings is 1. The minimum atomic E-state index is -0.392. The summed E-state index contributed by atoms with van der Waals surface area (Å²) in [5, 5.41) is 15.0. The molecule has 2 aromatic heterocycles. The Labute approximate surface area is 143 Å². The number of anilines is 2. The number of nitro groups is 1. The Morgan fingerprint density at radius 2 is 2.04 bits per heavy atom. The molecule has 0 spiro atoms. The van der Waals surface area contributed by atoms with Crippen molar-refractivity contribution >= 4 is 39.0 Å². The molecule has 124 valence electrons. The summed E-state index contributed by atoms with van der Waals surface area (Å²) >= 11 is 0. The van der Waals surface area contributed by atoms with Crippen LogP contribution < -0.4 is 5.32 Å². The number of hydrogen-bond acceptors (Lipinski definition) is 5. The summed E-state index contributed by atoms with van der Waals surface area (Å²) in [4.78, 5) is 19.7. The van der Waals surface area contributed by atoms with E-state index in [2.05, 4.69) is 15.3 Å². The molecule has 0 amide bonds. The zero-order valence-electron chi connectivity index (χ0n) is 13.7. The first-order chi connectivity index (χ1) is 12.0. The molecule has 0 aliphatic heterocycles. The molecule has 1 N–H and O–H groups in total.